The lowest BCUT2D eigenvalue weighted by Crippen LogP contribution is -2.39. The van der Waals surface area contributed by atoms with Crippen molar-refractivity contribution in [2.45, 2.75) is 122 Å². The monoisotopic (exact) mass is 519 g/mol. The number of amides is 1. The molecule has 0 aliphatic rings. The Kier molecular flexibility index (Phi) is 14.3. The van der Waals surface area contributed by atoms with E-state index in [2.05, 4.69) is 17.2 Å². The van der Waals surface area contributed by atoms with E-state index in [-0.39, 0.29) is 17.2 Å². The van der Waals surface area contributed by atoms with Gasteiger partial charge in [-0.2, -0.15) is 0 Å². The van der Waals surface area contributed by atoms with Gasteiger partial charge in [0.1, 0.15) is 0 Å². The third kappa shape index (κ3) is 10.5. The van der Waals surface area contributed by atoms with Gasteiger partial charge in [-0.25, -0.2) is 9.78 Å². The van der Waals surface area contributed by atoms with Gasteiger partial charge in [0.2, 0.25) is 5.91 Å². The summed E-state index contributed by atoms with van der Waals surface area (Å²) in [5.74, 6) is 0.0490. The van der Waals surface area contributed by atoms with Crippen LogP contribution in [0.25, 0.3) is 11.2 Å². The number of hydrogen-bond acceptors (Lipinski definition) is 5. The molecule has 0 fully saturated rings. The third-order valence-electron chi connectivity index (χ3n) is 7.16. The standard InChI is InChI=1S/C28H49N5O4/c1-4-5-6-7-9-13-16-19-24(35)29-21-23(34)18-15-12-10-8-11-14-17-20-33-27(36)25-26(30-22-31(25)2)32(3)28(33)37/h22-23,34H,4-21H2,1-3H3,(H,29,35). The molecule has 2 heterocycles. The summed E-state index contributed by atoms with van der Waals surface area (Å²) in [4.78, 5) is 41.3. The first-order chi connectivity index (χ1) is 17.9. The molecule has 2 N–H and O–H groups in total. The zero-order valence-electron chi connectivity index (χ0n) is 23.3. The van der Waals surface area contributed by atoms with E-state index in [1.807, 2.05) is 0 Å². The van der Waals surface area contributed by atoms with Crippen LogP contribution in [0, 0.1) is 0 Å². The predicted octanol–water partition coefficient (Wildman–Crippen LogP) is 4.17. The number of fused-ring (bicyclic) bond motifs is 1. The van der Waals surface area contributed by atoms with E-state index in [4.69, 9.17) is 0 Å². The van der Waals surface area contributed by atoms with Gasteiger partial charge < -0.3 is 15.0 Å². The van der Waals surface area contributed by atoms with Crippen LogP contribution in [0.4, 0.5) is 0 Å². The molecule has 0 aliphatic carbocycles. The molecular formula is C28H49N5O4. The topological polar surface area (TPSA) is 111 Å². The quantitative estimate of drug-likeness (QED) is 0.255. The highest BCUT2D eigenvalue weighted by atomic mass is 16.3. The molecule has 37 heavy (non-hydrogen) atoms. The SMILES string of the molecule is CCCCCCCCCC(=O)NCC(O)CCCCCCCCCn1c(=O)c2c(ncn2C)n(C)c1=O. The van der Waals surface area contributed by atoms with E-state index in [0.717, 1.165) is 57.8 Å². The molecule has 1 amide bonds. The number of hydrogen-bond donors (Lipinski definition) is 2. The van der Waals surface area contributed by atoms with Crippen LogP contribution in [-0.2, 0) is 25.4 Å². The van der Waals surface area contributed by atoms with E-state index in [0.29, 0.717) is 37.1 Å². The van der Waals surface area contributed by atoms with Crippen molar-refractivity contribution >= 4 is 17.1 Å². The average molecular weight is 520 g/mol. The lowest BCUT2D eigenvalue weighted by Gasteiger charge is -2.12. The maximum absolute atomic E-state index is 12.7. The minimum absolute atomic E-state index is 0.0490. The van der Waals surface area contributed by atoms with Crippen molar-refractivity contribution in [1.29, 1.82) is 0 Å². The van der Waals surface area contributed by atoms with E-state index in [1.54, 1.807) is 25.0 Å². The maximum atomic E-state index is 12.7. The van der Waals surface area contributed by atoms with Crippen LogP contribution < -0.4 is 16.6 Å². The minimum Gasteiger partial charge on any atom is -0.391 e. The fourth-order valence-corrected chi connectivity index (χ4v) is 4.79. The summed E-state index contributed by atoms with van der Waals surface area (Å²) in [6.45, 7) is 2.98. The number of aromatic nitrogens is 4. The van der Waals surface area contributed by atoms with Gasteiger partial charge in [0.05, 0.1) is 12.4 Å². The Balaban J connectivity index is 1.48. The van der Waals surface area contributed by atoms with E-state index in [9.17, 15) is 19.5 Å². The van der Waals surface area contributed by atoms with Crippen molar-refractivity contribution in [2.75, 3.05) is 6.54 Å². The normalized spacial score (nSPS) is 12.3. The summed E-state index contributed by atoms with van der Waals surface area (Å²) < 4.78 is 4.42. The van der Waals surface area contributed by atoms with Crippen LogP contribution in [0.3, 0.4) is 0 Å². The predicted molar refractivity (Wildman–Crippen MR) is 149 cm³/mol. The number of aliphatic hydroxyl groups excluding tert-OH is 1. The maximum Gasteiger partial charge on any atom is 0.332 e. The van der Waals surface area contributed by atoms with Crippen LogP contribution in [0.1, 0.15) is 110 Å². The Labute approximate surface area is 221 Å². The third-order valence-corrected chi connectivity index (χ3v) is 7.16. The van der Waals surface area contributed by atoms with Gasteiger partial charge in [0, 0.05) is 33.6 Å². The van der Waals surface area contributed by atoms with Crippen molar-refractivity contribution in [3.05, 3.63) is 27.2 Å². The second-order valence-corrected chi connectivity index (χ2v) is 10.4. The first kappa shape index (κ1) is 30.8. The molecule has 1 atom stereocenters. The zero-order chi connectivity index (χ0) is 27.0. The molecule has 0 saturated heterocycles. The summed E-state index contributed by atoms with van der Waals surface area (Å²) in [6, 6.07) is 0. The summed E-state index contributed by atoms with van der Waals surface area (Å²) in [5, 5.41) is 13.0. The summed E-state index contributed by atoms with van der Waals surface area (Å²) >= 11 is 0. The van der Waals surface area contributed by atoms with Crippen LogP contribution in [0.2, 0.25) is 0 Å². The first-order valence-electron chi connectivity index (χ1n) is 14.4. The van der Waals surface area contributed by atoms with E-state index in [1.165, 1.54) is 41.2 Å². The number of nitrogens with one attached hydrogen (secondary N) is 1. The second kappa shape index (κ2) is 17.2. The fourth-order valence-electron chi connectivity index (χ4n) is 4.79. The number of carbonyl (C=O) groups is 1. The molecule has 0 bridgehead atoms. The summed E-state index contributed by atoms with van der Waals surface area (Å²) in [7, 11) is 3.41. The Morgan fingerprint density at radius 2 is 1.51 bits per heavy atom. The Hall–Kier alpha value is -2.42. The molecule has 2 rings (SSSR count). The van der Waals surface area contributed by atoms with Crippen LogP contribution in [0.5, 0.6) is 0 Å². The Bertz CT molecular complexity index is 1060. The van der Waals surface area contributed by atoms with Crippen molar-refractivity contribution in [3.8, 4) is 0 Å². The summed E-state index contributed by atoms with van der Waals surface area (Å²) in [6.07, 6.45) is 17.7. The van der Waals surface area contributed by atoms with Gasteiger partial charge in [0.25, 0.3) is 5.56 Å². The molecule has 0 saturated carbocycles. The Morgan fingerprint density at radius 1 is 0.919 bits per heavy atom. The molecule has 9 heteroatoms. The zero-order valence-corrected chi connectivity index (χ0v) is 23.3. The van der Waals surface area contributed by atoms with Gasteiger partial charge >= 0.3 is 5.69 Å². The van der Waals surface area contributed by atoms with Crippen molar-refractivity contribution < 1.29 is 9.90 Å². The molecule has 1 unspecified atom stereocenters. The van der Waals surface area contributed by atoms with Crippen molar-refractivity contribution in [1.82, 2.24) is 24.0 Å². The minimum atomic E-state index is -0.476. The molecular weight excluding hydrogens is 470 g/mol. The fraction of sp³-hybridized carbons (Fsp3) is 0.786. The van der Waals surface area contributed by atoms with Gasteiger partial charge in [-0.15, -0.1) is 0 Å². The highest BCUT2D eigenvalue weighted by Crippen LogP contribution is 2.11. The van der Waals surface area contributed by atoms with Crippen molar-refractivity contribution in [2.24, 2.45) is 14.1 Å². The number of aliphatic hydroxyl groups is 1. The molecule has 0 aromatic carbocycles. The average Bonchev–Trinajstić information content (AvgIpc) is 3.28. The highest BCUT2D eigenvalue weighted by Gasteiger charge is 2.14. The molecule has 9 nitrogen and oxygen atoms in total. The van der Waals surface area contributed by atoms with Gasteiger partial charge in [-0.3, -0.25) is 18.7 Å². The lowest BCUT2D eigenvalue weighted by molar-refractivity contribution is -0.121. The van der Waals surface area contributed by atoms with Crippen LogP contribution in [0.15, 0.2) is 15.9 Å². The molecule has 0 aliphatic heterocycles. The van der Waals surface area contributed by atoms with Crippen LogP contribution in [-0.4, -0.2) is 42.3 Å². The van der Waals surface area contributed by atoms with Gasteiger partial charge in [0.15, 0.2) is 11.2 Å². The second-order valence-electron chi connectivity index (χ2n) is 10.4. The number of rotatable bonds is 20. The number of carbonyl (C=O) groups excluding carboxylic acids is 1. The largest absolute Gasteiger partial charge is 0.391 e. The molecule has 2 aromatic heterocycles. The van der Waals surface area contributed by atoms with E-state index < -0.39 is 6.10 Å². The number of unbranched alkanes of at least 4 members (excludes halogenated alkanes) is 12. The smallest absolute Gasteiger partial charge is 0.332 e. The van der Waals surface area contributed by atoms with Crippen LogP contribution >= 0.6 is 0 Å². The molecule has 210 valence electrons. The molecule has 0 radical (unpaired) electrons. The summed E-state index contributed by atoms with van der Waals surface area (Å²) in [5.41, 5.74) is 0.288. The van der Waals surface area contributed by atoms with Gasteiger partial charge in [-0.1, -0.05) is 84.0 Å². The van der Waals surface area contributed by atoms with Gasteiger partial charge in [-0.05, 0) is 19.3 Å². The number of imidazole rings is 1. The Morgan fingerprint density at radius 3 is 2.19 bits per heavy atom. The van der Waals surface area contributed by atoms with Crippen molar-refractivity contribution in [3.63, 3.8) is 0 Å². The molecule has 0 spiro atoms. The number of nitrogens with zero attached hydrogens (tertiary/aromatic N) is 4. The van der Waals surface area contributed by atoms with E-state index >= 15 is 0 Å². The number of aryl methyl sites for hydroxylation is 2. The first-order valence-corrected chi connectivity index (χ1v) is 14.4. The molecule has 2 aromatic rings. The highest BCUT2D eigenvalue weighted by molar-refractivity contribution is 5.75. The lowest BCUT2D eigenvalue weighted by atomic mass is 10.1.